The van der Waals surface area contributed by atoms with Crippen LogP contribution in [0.25, 0.3) is 16.9 Å². The Morgan fingerprint density at radius 2 is 1.82 bits per heavy atom. The van der Waals surface area contributed by atoms with Gasteiger partial charge in [0.05, 0.1) is 11.4 Å². The van der Waals surface area contributed by atoms with Crippen LogP contribution in [0, 0.1) is 19.7 Å². The molecule has 0 unspecified atom stereocenters. The smallest absolute Gasteiger partial charge is 0.227 e. The zero-order chi connectivity index (χ0) is 22.9. The van der Waals surface area contributed by atoms with Gasteiger partial charge < -0.3 is 10.2 Å². The molecule has 1 aliphatic heterocycles. The van der Waals surface area contributed by atoms with E-state index in [0.29, 0.717) is 35.9 Å². The van der Waals surface area contributed by atoms with Crippen LogP contribution in [0.5, 0.6) is 0 Å². The van der Waals surface area contributed by atoms with Gasteiger partial charge in [0.15, 0.2) is 0 Å². The van der Waals surface area contributed by atoms with Crippen molar-refractivity contribution < 1.29 is 9.18 Å². The Morgan fingerprint density at radius 3 is 2.52 bits per heavy atom. The standard InChI is InChI=1S/C24H22FN7O/c1-15-27-16(2)32(30-15)20-7-5-19(6-8-20)28-24-26-10-9-22(29-24)17-12-18(25)14-21(13-17)31-11-3-4-23(31)33/h5-10,12-14H,3-4,11H2,1-2H3,(H,26,28,29). The van der Waals surface area contributed by atoms with Crippen molar-refractivity contribution in [2.75, 3.05) is 16.8 Å². The van der Waals surface area contributed by atoms with Crippen LogP contribution >= 0.6 is 0 Å². The van der Waals surface area contributed by atoms with Crippen molar-refractivity contribution in [1.29, 1.82) is 0 Å². The number of anilines is 3. The summed E-state index contributed by atoms with van der Waals surface area (Å²) in [4.78, 5) is 26.9. The highest BCUT2D eigenvalue weighted by Gasteiger charge is 2.22. The summed E-state index contributed by atoms with van der Waals surface area (Å²) < 4.78 is 16.1. The number of hydrogen-bond acceptors (Lipinski definition) is 6. The molecule has 0 saturated carbocycles. The Balaban J connectivity index is 1.38. The van der Waals surface area contributed by atoms with E-state index in [4.69, 9.17) is 0 Å². The average Bonchev–Trinajstić information content (AvgIpc) is 3.38. The summed E-state index contributed by atoms with van der Waals surface area (Å²) >= 11 is 0. The van der Waals surface area contributed by atoms with Gasteiger partial charge in [0, 0.05) is 36.1 Å². The average molecular weight is 443 g/mol. The molecule has 1 saturated heterocycles. The monoisotopic (exact) mass is 443 g/mol. The Labute approximate surface area is 190 Å². The SMILES string of the molecule is Cc1nc(C)n(-c2ccc(Nc3nccc(-c4cc(F)cc(N5CCCC5=O)c4)n3)cc2)n1. The number of aromatic nitrogens is 5. The maximum absolute atomic E-state index is 14.3. The van der Waals surface area contributed by atoms with Gasteiger partial charge in [0.1, 0.15) is 17.5 Å². The first kappa shape index (κ1) is 20.7. The maximum atomic E-state index is 14.3. The number of amides is 1. The molecule has 0 atom stereocenters. The number of rotatable bonds is 5. The zero-order valence-electron chi connectivity index (χ0n) is 18.3. The third-order valence-electron chi connectivity index (χ3n) is 5.46. The van der Waals surface area contributed by atoms with Crippen LogP contribution in [0.2, 0.25) is 0 Å². The molecule has 0 aliphatic carbocycles. The number of carbonyl (C=O) groups is 1. The van der Waals surface area contributed by atoms with Crippen molar-refractivity contribution in [3.8, 4) is 16.9 Å². The number of hydrogen-bond donors (Lipinski definition) is 1. The fraction of sp³-hybridized carbons (Fsp3) is 0.208. The molecule has 1 fully saturated rings. The Bertz CT molecular complexity index is 1330. The second-order valence-electron chi connectivity index (χ2n) is 7.90. The van der Waals surface area contributed by atoms with E-state index in [-0.39, 0.29) is 5.91 Å². The van der Waals surface area contributed by atoms with E-state index < -0.39 is 5.82 Å². The molecule has 1 amide bonds. The normalized spacial score (nSPS) is 13.5. The first-order chi connectivity index (χ1) is 16.0. The van der Waals surface area contributed by atoms with E-state index >= 15 is 0 Å². The number of nitrogens with one attached hydrogen (secondary N) is 1. The molecule has 166 valence electrons. The Morgan fingerprint density at radius 1 is 1.00 bits per heavy atom. The van der Waals surface area contributed by atoms with E-state index in [1.165, 1.54) is 12.1 Å². The maximum Gasteiger partial charge on any atom is 0.227 e. The van der Waals surface area contributed by atoms with Gasteiger partial charge in [-0.25, -0.2) is 24.0 Å². The minimum absolute atomic E-state index is 0.0105. The summed E-state index contributed by atoms with van der Waals surface area (Å²) in [6.07, 6.45) is 2.88. The van der Waals surface area contributed by atoms with E-state index in [1.807, 2.05) is 38.1 Å². The molecule has 2 aromatic carbocycles. The summed E-state index contributed by atoms with van der Waals surface area (Å²) in [7, 11) is 0. The molecule has 33 heavy (non-hydrogen) atoms. The van der Waals surface area contributed by atoms with Gasteiger partial charge in [-0.15, -0.1) is 0 Å². The fourth-order valence-corrected chi connectivity index (χ4v) is 3.96. The van der Waals surface area contributed by atoms with Crippen LogP contribution in [-0.2, 0) is 4.79 Å². The zero-order valence-corrected chi connectivity index (χ0v) is 18.3. The molecule has 5 rings (SSSR count). The summed E-state index contributed by atoms with van der Waals surface area (Å²) in [5.41, 5.74) is 3.40. The van der Waals surface area contributed by atoms with Crippen LogP contribution in [0.4, 0.5) is 21.7 Å². The van der Waals surface area contributed by atoms with Gasteiger partial charge in [-0.3, -0.25) is 4.79 Å². The highest BCUT2D eigenvalue weighted by Crippen LogP contribution is 2.29. The molecule has 1 N–H and O–H groups in total. The minimum Gasteiger partial charge on any atom is -0.324 e. The quantitative estimate of drug-likeness (QED) is 0.493. The summed E-state index contributed by atoms with van der Waals surface area (Å²) in [5.74, 6) is 1.51. The lowest BCUT2D eigenvalue weighted by Gasteiger charge is -2.17. The molecule has 1 aliphatic rings. The predicted octanol–water partition coefficient (Wildman–Crippen LogP) is 4.35. The van der Waals surface area contributed by atoms with Gasteiger partial charge in [-0.1, -0.05) is 0 Å². The van der Waals surface area contributed by atoms with Crippen molar-refractivity contribution in [3.05, 3.63) is 72.2 Å². The molecule has 8 nitrogen and oxygen atoms in total. The molecule has 9 heteroatoms. The summed E-state index contributed by atoms with van der Waals surface area (Å²) in [6, 6.07) is 14.0. The Hall–Kier alpha value is -4.14. The van der Waals surface area contributed by atoms with Gasteiger partial charge in [0.2, 0.25) is 11.9 Å². The fourth-order valence-electron chi connectivity index (χ4n) is 3.96. The highest BCUT2D eigenvalue weighted by atomic mass is 19.1. The first-order valence-electron chi connectivity index (χ1n) is 10.7. The molecular formula is C24H22FN7O. The van der Waals surface area contributed by atoms with Gasteiger partial charge in [-0.2, -0.15) is 5.10 Å². The second-order valence-corrected chi connectivity index (χ2v) is 7.90. The second kappa shape index (κ2) is 8.42. The lowest BCUT2D eigenvalue weighted by molar-refractivity contribution is -0.117. The van der Waals surface area contributed by atoms with Gasteiger partial charge in [-0.05, 0) is 68.8 Å². The summed E-state index contributed by atoms with van der Waals surface area (Å²) in [5, 5.41) is 7.57. The molecule has 4 aromatic rings. The minimum atomic E-state index is -0.412. The highest BCUT2D eigenvalue weighted by molar-refractivity contribution is 5.95. The molecule has 0 bridgehead atoms. The van der Waals surface area contributed by atoms with Crippen LogP contribution in [0.1, 0.15) is 24.5 Å². The number of carbonyl (C=O) groups excluding carboxylic acids is 1. The first-order valence-corrected chi connectivity index (χ1v) is 10.7. The van der Waals surface area contributed by atoms with Crippen molar-refractivity contribution in [1.82, 2.24) is 24.7 Å². The number of aryl methyl sites for hydroxylation is 2. The van der Waals surface area contributed by atoms with Crippen molar-refractivity contribution >= 4 is 23.2 Å². The molecular weight excluding hydrogens is 421 g/mol. The lowest BCUT2D eigenvalue weighted by Crippen LogP contribution is -2.23. The number of benzene rings is 2. The Kier molecular flexibility index (Phi) is 5.29. The van der Waals surface area contributed by atoms with E-state index in [1.54, 1.807) is 27.9 Å². The lowest BCUT2D eigenvalue weighted by atomic mass is 10.1. The topological polar surface area (TPSA) is 88.8 Å². The van der Waals surface area contributed by atoms with Crippen molar-refractivity contribution in [3.63, 3.8) is 0 Å². The predicted molar refractivity (Wildman–Crippen MR) is 123 cm³/mol. The van der Waals surface area contributed by atoms with Crippen LogP contribution in [0.15, 0.2) is 54.7 Å². The molecule has 0 spiro atoms. The third-order valence-corrected chi connectivity index (χ3v) is 5.46. The van der Waals surface area contributed by atoms with Crippen LogP contribution < -0.4 is 10.2 Å². The third kappa shape index (κ3) is 4.30. The van der Waals surface area contributed by atoms with Crippen LogP contribution in [-0.4, -0.2) is 37.2 Å². The molecule has 2 aromatic heterocycles. The van der Waals surface area contributed by atoms with Crippen molar-refractivity contribution in [2.24, 2.45) is 0 Å². The van der Waals surface area contributed by atoms with E-state index in [9.17, 15) is 9.18 Å². The van der Waals surface area contributed by atoms with Gasteiger partial charge in [0.25, 0.3) is 0 Å². The van der Waals surface area contributed by atoms with Gasteiger partial charge >= 0.3 is 0 Å². The number of nitrogens with zero attached hydrogens (tertiary/aromatic N) is 6. The van der Waals surface area contributed by atoms with Crippen LogP contribution in [0.3, 0.4) is 0 Å². The largest absolute Gasteiger partial charge is 0.324 e. The van der Waals surface area contributed by atoms with Crippen molar-refractivity contribution in [2.45, 2.75) is 26.7 Å². The molecule has 0 radical (unpaired) electrons. The number of halogens is 1. The van der Waals surface area contributed by atoms with E-state index in [0.717, 1.165) is 29.4 Å². The van der Waals surface area contributed by atoms with E-state index in [2.05, 4.69) is 25.4 Å². The molecule has 3 heterocycles. The summed E-state index contributed by atoms with van der Waals surface area (Å²) in [6.45, 7) is 4.36.